The zero-order chi connectivity index (χ0) is 20.3. The van der Waals surface area contributed by atoms with E-state index < -0.39 is 0 Å². The molecule has 0 atom stereocenters. The minimum Gasteiger partial charge on any atom is -0.483 e. The van der Waals surface area contributed by atoms with Crippen molar-refractivity contribution in [2.24, 2.45) is 0 Å². The molecule has 0 saturated heterocycles. The van der Waals surface area contributed by atoms with Crippen molar-refractivity contribution in [1.29, 1.82) is 0 Å². The highest BCUT2D eigenvalue weighted by Gasteiger charge is 2.07. The van der Waals surface area contributed by atoms with Crippen molar-refractivity contribution in [1.82, 2.24) is 20.6 Å². The average molecular weight is 391 g/mol. The van der Waals surface area contributed by atoms with E-state index in [0.717, 1.165) is 12.0 Å². The van der Waals surface area contributed by atoms with Crippen LogP contribution >= 0.6 is 0 Å². The minimum atomic E-state index is -0.229. The summed E-state index contributed by atoms with van der Waals surface area (Å²) in [6.45, 7) is 2.36. The zero-order valence-corrected chi connectivity index (χ0v) is 16.5. The van der Waals surface area contributed by atoms with E-state index in [9.17, 15) is 4.79 Å². The lowest BCUT2D eigenvalue weighted by Gasteiger charge is -2.10. The van der Waals surface area contributed by atoms with Crippen molar-refractivity contribution in [2.45, 2.75) is 39.2 Å². The molecule has 0 spiro atoms. The van der Waals surface area contributed by atoms with Gasteiger partial charge in [-0.25, -0.2) is 0 Å². The number of aromatic nitrogens is 4. The highest BCUT2D eigenvalue weighted by Crippen LogP contribution is 2.24. The molecule has 3 aromatic rings. The molecule has 0 aliphatic carbocycles. The van der Waals surface area contributed by atoms with E-state index >= 15 is 0 Å². The zero-order valence-electron chi connectivity index (χ0n) is 16.5. The van der Waals surface area contributed by atoms with E-state index in [1.54, 1.807) is 18.2 Å². The highest BCUT2D eigenvalue weighted by molar-refractivity contribution is 6.02. The molecular formula is C22H25N5O2. The number of amides is 1. The average Bonchev–Trinajstić information content (AvgIpc) is 3.26. The Morgan fingerprint density at radius 2 is 1.97 bits per heavy atom. The number of ether oxygens (including phenoxy) is 1. The smallest absolute Gasteiger partial charge is 0.248 e. The quantitative estimate of drug-likeness (QED) is 0.400. The van der Waals surface area contributed by atoms with Crippen LogP contribution in [0.15, 0.2) is 54.6 Å². The molecule has 1 aromatic heterocycles. The Hall–Kier alpha value is -3.48. The SMILES string of the molecule is CCCCCc1ccc(C=CC(=O)Nc2ccccc2OCc2nn[nH]n2)cc1. The molecule has 0 radical (unpaired) electrons. The first-order valence-electron chi connectivity index (χ1n) is 9.76. The topological polar surface area (TPSA) is 92.8 Å². The Bertz CT molecular complexity index is 921. The molecule has 2 N–H and O–H groups in total. The van der Waals surface area contributed by atoms with Gasteiger partial charge in [0.2, 0.25) is 11.7 Å². The Labute approximate surface area is 170 Å². The third-order valence-electron chi connectivity index (χ3n) is 4.37. The van der Waals surface area contributed by atoms with E-state index in [4.69, 9.17) is 4.74 Å². The second kappa shape index (κ2) is 10.8. The van der Waals surface area contributed by atoms with Gasteiger partial charge in [-0.05, 0) is 42.2 Å². The molecule has 0 unspecified atom stereocenters. The first-order chi connectivity index (χ1) is 14.2. The summed E-state index contributed by atoms with van der Waals surface area (Å²) in [5, 5.41) is 16.4. The van der Waals surface area contributed by atoms with Crippen LogP contribution in [0.4, 0.5) is 5.69 Å². The fourth-order valence-corrected chi connectivity index (χ4v) is 2.80. The molecule has 0 saturated carbocycles. The van der Waals surface area contributed by atoms with Gasteiger partial charge >= 0.3 is 0 Å². The summed E-state index contributed by atoms with van der Waals surface area (Å²) in [6, 6.07) is 15.5. The molecule has 2 aromatic carbocycles. The van der Waals surface area contributed by atoms with Gasteiger partial charge in [0.25, 0.3) is 0 Å². The molecule has 7 heteroatoms. The number of hydrogen-bond donors (Lipinski definition) is 2. The summed E-state index contributed by atoms with van der Waals surface area (Å²) in [5.41, 5.74) is 2.89. The van der Waals surface area contributed by atoms with Gasteiger partial charge in [-0.3, -0.25) is 4.79 Å². The molecule has 0 fully saturated rings. The Morgan fingerprint density at radius 3 is 2.72 bits per heavy atom. The molecule has 0 aliphatic heterocycles. The van der Waals surface area contributed by atoms with Crippen molar-refractivity contribution in [2.75, 3.05) is 5.32 Å². The molecule has 3 rings (SSSR count). The monoisotopic (exact) mass is 391 g/mol. The third-order valence-corrected chi connectivity index (χ3v) is 4.37. The Morgan fingerprint density at radius 1 is 1.14 bits per heavy atom. The minimum absolute atomic E-state index is 0.157. The van der Waals surface area contributed by atoms with E-state index in [-0.39, 0.29) is 12.5 Å². The number of carbonyl (C=O) groups excluding carboxylic acids is 1. The number of aryl methyl sites for hydroxylation is 1. The van der Waals surface area contributed by atoms with Crippen LogP contribution in [-0.4, -0.2) is 26.5 Å². The van der Waals surface area contributed by atoms with Crippen LogP contribution in [0, 0.1) is 0 Å². The second-order valence-corrected chi connectivity index (χ2v) is 6.63. The lowest BCUT2D eigenvalue weighted by molar-refractivity contribution is -0.111. The maximum absolute atomic E-state index is 12.3. The van der Waals surface area contributed by atoms with Crippen molar-refractivity contribution in [3.63, 3.8) is 0 Å². The fraction of sp³-hybridized carbons (Fsp3) is 0.273. The van der Waals surface area contributed by atoms with Gasteiger partial charge in [-0.1, -0.05) is 61.4 Å². The van der Waals surface area contributed by atoms with Crippen molar-refractivity contribution in [3.05, 3.63) is 71.6 Å². The Kier molecular flexibility index (Phi) is 7.51. The number of unbranched alkanes of at least 4 members (excludes halogenated alkanes) is 2. The number of rotatable bonds is 10. The number of benzene rings is 2. The van der Waals surface area contributed by atoms with Crippen LogP contribution in [0.2, 0.25) is 0 Å². The normalized spacial score (nSPS) is 10.9. The number of aromatic amines is 1. The number of para-hydroxylation sites is 2. The summed E-state index contributed by atoms with van der Waals surface area (Å²) in [5.74, 6) is 0.743. The van der Waals surface area contributed by atoms with Crippen molar-refractivity contribution in [3.8, 4) is 5.75 Å². The van der Waals surface area contributed by atoms with Crippen LogP contribution in [0.25, 0.3) is 6.08 Å². The third kappa shape index (κ3) is 6.57. The van der Waals surface area contributed by atoms with Crippen LogP contribution < -0.4 is 10.1 Å². The van der Waals surface area contributed by atoms with Crippen molar-refractivity contribution < 1.29 is 9.53 Å². The number of H-pyrrole nitrogens is 1. The maximum Gasteiger partial charge on any atom is 0.248 e. The summed E-state index contributed by atoms with van der Waals surface area (Å²) in [6.07, 6.45) is 8.10. The first kappa shape index (κ1) is 20.3. The van der Waals surface area contributed by atoms with E-state index in [0.29, 0.717) is 17.3 Å². The van der Waals surface area contributed by atoms with E-state index in [1.807, 2.05) is 24.3 Å². The van der Waals surface area contributed by atoms with E-state index in [2.05, 4.69) is 45.0 Å². The molecular weight excluding hydrogens is 366 g/mol. The predicted molar refractivity (Wildman–Crippen MR) is 112 cm³/mol. The summed E-state index contributed by atoms with van der Waals surface area (Å²) in [4.78, 5) is 12.3. The summed E-state index contributed by atoms with van der Waals surface area (Å²) >= 11 is 0. The fourth-order valence-electron chi connectivity index (χ4n) is 2.80. The molecule has 0 aliphatic rings. The number of nitrogens with zero attached hydrogens (tertiary/aromatic N) is 3. The first-order valence-corrected chi connectivity index (χ1v) is 9.76. The van der Waals surface area contributed by atoms with Gasteiger partial charge in [0.1, 0.15) is 5.75 Å². The van der Waals surface area contributed by atoms with Gasteiger partial charge in [0, 0.05) is 6.08 Å². The molecule has 1 heterocycles. The molecule has 0 bridgehead atoms. The number of hydrogen-bond acceptors (Lipinski definition) is 5. The summed E-state index contributed by atoms with van der Waals surface area (Å²) < 4.78 is 5.67. The van der Waals surface area contributed by atoms with Crippen molar-refractivity contribution >= 4 is 17.7 Å². The predicted octanol–water partition coefficient (Wildman–Crippen LogP) is 4.16. The number of nitrogens with one attached hydrogen (secondary N) is 2. The molecule has 1 amide bonds. The van der Waals surface area contributed by atoms with Crippen LogP contribution in [0.3, 0.4) is 0 Å². The second-order valence-electron chi connectivity index (χ2n) is 6.63. The van der Waals surface area contributed by atoms with Gasteiger partial charge < -0.3 is 10.1 Å². The standard InChI is InChI=1S/C22H25N5O2/c1-2-3-4-7-17-10-12-18(13-11-17)14-15-22(28)23-19-8-5-6-9-20(19)29-16-21-24-26-27-25-21/h5-6,8-15H,2-4,7,16H2,1H3,(H,23,28)(H,24,25,26,27). The Balaban J connectivity index is 1.55. The summed E-state index contributed by atoms with van der Waals surface area (Å²) in [7, 11) is 0. The van der Waals surface area contributed by atoms with Crippen LogP contribution in [0.5, 0.6) is 5.75 Å². The molecule has 150 valence electrons. The van der Waals surface area contributed by atoms with Gasteiger partial charge in [-0.15, -0.1) is 10.2 Å². The lowest BCUT2D eigenvalue weighted by Crippen LogP contribution is -2.09. The van der Waals surface area contributed by atoms with Gasteiger partial charge in [0.15, 0.2) is 6.61 Å². The van der Waals surface area contributed by atoms with Crippen LogP contribution in [0.1, 0.15) is 43.1 Å². The van der Waals surface area contributed by atoms with Crippen LogP contribution in [-0.2, 0) is 17.8 Å². The van der Waals surface area contributed by atoms with Gasteiger partial charge in [0.05, 0.1) is 5.69 Å². The lowest BCUT2D eigenvalue weighted by atomic mass is 10.1. The van der Waals surface area contributed by atoms with E-state index in [1.165, 1.54) is 30.9 Å². The highest BCUT2D eigenvalue weighted by atomic mass is 16.5. The van der Waals surface area contributed by atoms with Gasteiger partial charge in [-0.2, -0.15) is 5.21 Å². The largest absolute Gasteiger partial charge is 0.483 e. The number of anilines is 1. The number of carbonyl (C=O) groups is 1. The molecule has 29 heavy (non-hydrogen) atoms. The molecule has 7 nitrogen and oxygen atoms in total. The number of tetrazole rings is 1. The maximum atomic E-state index is 12.3.